The van der Waals surface area contributed by atoms with E-state index in [2.05, 4.69) is 15.5 Å². The SMILES string of the molecule is Cc1ccc(-c2nnc(NC(=O)c3cccc(Cl)c3)o2)cc1. The van der Waals surface area contributed by atoms with Gasteiger partial charge in [0.15, 0.2) is 0 Å². The van der Waals surface area contributed by atoms with Crippen LogP contribution in [0, 0.1) is 6.92 Å². The fourth-order valence-corrected chi connectivity index (χ4v) is 2.08. The summed E-state index contributed by atoms with van der Waals surface area (Å²) in [6.07, 6.45) is 0. The minimum absolute atomic E-state index is 0.0422. The van der Waals surface area contributed by atoms with Crippen LogP contribution in [0.15, 0.2) is 52.9 Å². The largest absolute Gasteiger partial charge is 0.403 e. The highest BCUT2D eigenvalue weighted by molar-refractivity contribution is 6.31. The zero-order valence-electron chi connectivity index (χ0n) is 11.7. The molecule has 0 aliphatic rings. The number of aryl methyl sites for hydroxylation is 1. The number of amides is 1. The molecule has 0 fully saturated rings. The van der Waals surface area contributed by atoms with E-state index in [1.54, 1.807) is 24.3 Å². The molecule has 6 heteroatoms. The lowest BCUT2D eigenvalue weighted by Crippen LogP contribution is -2.11. The fraction of sp³-hybridized carbons (Fsp3) is 0.0625. The summed E-state index contributed by atoms with van der Waals surface area (Å²) in [5.41, 5.74) is 2.35. The van der Waals surface area contributed by atoms with E-state index in [4.69, 9.17) is 16.0 Å². The van der Waals surface area contributed by atoms with Gasteiger partial charge in [-0.1, -0.05) is 40.5 Å². The molecule has 0 unspecified atom stereocenters. The van der Waals surface area contributed by atoms with E-state index >= 15 is 0 Å². The lowest BCUT2D eigenvalue weighted by molar-refractivity contribution is 0.102. The second kappa shape index (κ2) is 5.99. The third-order valence-corrected chi connectivity index (χ3v) is 3.27. The highest BCUT2D eigenvalue weighted by atomic mass is 35.5. The summed E-state index contributed by atoms with van der Waals surface area (Å²) < 4.78 is 5.44. The number of hydrogen-bond acceptors (Lipinski definition) is 4. The Morgan fingerprint density at radius 3 is 2.64 bits per heavy atom. The van der Waals surface area contributed by atoms with Gasteiger partial charge in [0.1, 0.15) is 0 Å². The van der Waals surface area contributed by atoms with E-state index in [0.29, 0.717) is 16.5 Å². The molecule has 0 radical (unpaired) electrons. The van der Waals surface area contributed by atoms with Crippen molar-refractivity contribution in [1.29, 1.82) is 0 Å². The molecule has 5 nitrogen and oxygen atoms in total. The number of rotatable bonds is 3. The monoisotopic (exact) mass is 313 g/mol. The first-order valence-electron chi connectivity index (χ1n) is 6.59. The zero-order valence-corrected chi connectivity index (χ0v) is 12.5. The maximum absolute atomic E-state index is 12.1. The van der Waals surface area contributed by atoms with E-state index in [-0.39, 0.29) is 11.9 Å². The minimum atomic E-state index is -0.360. The molecule has 2 aromatic carbocycles. The Kier molecular flexibility index (Phi) is 3.89. The first-order valence-corrected chi connectivity index (χ1v) is 6.97. The molecule has 0 saturated carbocycles. The van der Waals surface area contributed by atoms with Crippen molar-refractivity contribution in [3.8, 4) is 11.5 Å². The zero-order chi connectivity index (χ0) is 15.5. The fourth-order valence-electron chi connectivity index (χ4n) is 1.89. The van der Waals surface area contributed by atoms with Crippen LogP contribution in [0.1, 0.15) is 15.9 Å². The summed E-state index contributed by atoms with van der Waals surface area (Å²) in [6.45, 7) is 1.99. The van der Waals surface area contributed by atoms with E-state index in [1.807, 2.05) is 31.2 Å². The first-order chi connectivity index (χ1) is 10.6. The van der Waals surface area contributed by atoms with Crippen molar-refractivity contribution in [3.05, 3.63) is 64.7 Å². The van der Waals surface area contributed by atoms with Crippen LogP contribution >= 0.6 is 11.6 Å². The average molecular weight is 314 g/mol. The molecule has 1 aromatic heterocycles. The number of hydrogen-bond donors (Lipinski definition) is 1. The number of benzene rings is 2. The summed E-state index contributed by atoms with van der Waals surface area (Å²) >= 11 is 5.86. The number of aromatic nitrogens is 2. The Labute approximate surface area is 131 Å². The van der Waals surface area contributed by atoms with E-state index in [9.17, 15) is 4.79 Å². The van der Waals surface area contributed by atoms with Gasteiger partial charge in [0.25, 0.3) is 5.91 Å². The van der Waals surface area contributed by atoms with Gasteiger partial charge >= 0.3 is 6.01 Å². The van der Waals surface area contributed by atoms with E-state index < -0.39 is 0 Å². The molecule has 0 bridgehead atoms. The van der Waals surface area contributed by atoms with Gasteiger partial charge in [-0.05, 0) is 37.3 Å². The van der Waals surface area contributed by atoms with Crippen molar-refractivity contribution in [2.24, 2.45) is 0 Å². The van der Waals surface area contributed by atoms with Gasteiger partial charge in [-0.3, -0.25) is 10.1 Å². The second-order valence-corrected chi connectivity index (χ2v) is 5.18. The maximum atomic E-state index is 12.1. The lowest BCUT2D eigenvalue weighted by atomic mass is 10.1. The molecule has 3 rings (SSSR count). The van der Waals surface area contributed by atoms with Crippen LogP contribution in [0.3, 0.4) is 0 Å². The van der Waals surface area contributed by atoms with Crippen LogP contribution in [0.25, 0.3) is 11.5 Å². The Bertz CT molecular complexity index is 812. The smallest absolute Gasteiger partial charge is 0.322 e. The first kappa shape index (κ1) is 14.3. The number of anilines is 1. The normalized spacial score (nSPS) is 10.5. The van der Waals surface area contributed by atoms with Crippen LogP contribution in [0.5, 0.6) is 0 Å². The van der Waals surface area contributed by atoms with Gasteiger partial charge in [0.2, 0.25) is 5.89 Å². The predicted octanol–water partition coefficient (Wildman–Crippen LogP) is 3.95. The average Bonchev–Trinajstić information content (AvgIpc) is 2.96. The van der Waals surface area contributed by atoms with Gasteiger partial charge in [-0.25, -0.2) is 0 Å². The van der Waals surface area contributed by atoms with Gasteiger partial charge in [0, 0.05) is 16.1 Å². The Balaban J connectivity index is 1.77. The van der Waals surface area contributed by atoms with Gasteiger partial charge in [-0.15, -0.1) is 5.10 Å². The van der Waals surface area contributed by atoms with Gasteiger partial charge in [0.05, 0.1) is 0 Å². The number of carbonyl (C=O) groups excluding carboxylic acids is 1. The third kappa shape index (κ3) is 3.15. The van der Waals surface area contributed by atoms with Crippen molar-refractivity contribution in [2.45, 2.75) is 6.92 Å². The van der Waals surface area contributed by atoms with Crippen molar-refractivity contribution in [2.75, 3.05) is 5.32 Å². The van der Waals surface area contributed by atoms with Crippen molar-refractivity contribution < 1.29 is 9.21 Å². The molecule has 1 amide bonds. The highest BCUT2D eigenvalue weighted by Crippen LogP contribution is 2.20. The highest BCUT2D eigenvalue weighted by Gasteiger charge is 2.12. The standard InChI is InChI=1S/C16H12ClN3O2/c1-10-5-7-11(8-6-10)15-19-20-16(22-15)18-14(21)12-3-2-4-13(17)9-12/h2-9H,1H3,(H,18,20,21). The van der Waals surface area contributed by atoms with E-state index in [1.165, 1.54) is 0 Å². The van der Waals surface area contributed by atoms with Gasteiger partial charge in [-0.2, -0.15) is 0 Å². The quantitative estimate of drug-likeness (QED) is 0.795. The summed E-state index contributed by atoms with van der Waals surface area (Å²) in [5, 5.41) is 10.8. The molecular formula is C16H12ClN3O2. The topological polar surface area (TPSA) is 68.0 Å². The summed E-state index contributed by atoms with van der Waals surface area (Å²) in [7, 11) is 0. The van der Waals surface area contributed by atoms with Gasteiger partial charge < -0.3 is 4.42 Å². The molecule has 0 saturated heterocycles. The molecule has 1 N–H and O–H groups in total. The number of carbonyl (C=O) groups is 1. The predicted molar refractivity (Wildman–Crippen MR) is 83.9 cm³/mol. The van der Waals surface area contributed by atoms with Crippen molar-refractivity contribution >= 4 is 23.5 Å². The molecule has 0 spiro atoms. The molecule has 110 valence electrons. The van der Waals surface area contributed by atoms with Crippen LogP contribution < -0.4 is 5.32 Å². The molecule has 0 atom stereocenters. The molecular weight excluding hydrogens is 302 g/mol. The van der Waals surface area contributed by atoms with Crippen LogP contribution in [0.2, 0.25) is 5.02 Å². The number of nitrogens with one attached hydrogen (secondary N) is 1. The van der Waals surface area contributed by atoms with Crippen molar-refractivity contribution in [1.82, 2.24) is 10.2 Å². The Hall–Kier alpha value is -2.66. The Morgan fingerprint density at radius 1 is 1.14 bits per heavy atom. The van der Waals surface area contributed by atoms with Crippen LogP contribution in [-0.2, 0) is 0 Å². The third-order valence-electron chi connectivity index (χ3n) is 3.03. The van der Waals surface area contributed by atoms with Crippen molar-refractivity contribution in [3.63, 3.8) is 0 Å². The minimum Gasteiger partial charge on any atom is -0.403 e. The molecule has 1 heterocycles. The summed E-state index contributed by atoms with van der Waals surface area (Å²) in [5.74, 6) is -0.0111. The second-order valence-electron chi connectivity index (χ2n) is 4.74. The van der Waals surface area contributed by atoms with Crippen LogP contribution in [0.4, 0.5) is 6.01 Å². The Morgan fingerprint density at radius 2 is 1.91 bits per heavy atom. The number of halogens is 1. The molecule has 0 aliphatic heterocycles. The number of nitrogens with zero attached hydrogens (tertiary/aromatic N) is 2. The maximum Gasteiger partial charge on any atom is 0.322 e. The molecule has 22 heavy (non-hydrogen) atoms. The van der Waals surface area contributed by atoms with E-state index in [0.717, 1.165) is 11.1 Å². The summed E-state index contributed by atoms with van der Waals surface area (Å²) in [4.78, 5) is 12.1. The summed E-state index contributed by atoms with van der Waals surface area (Å²) in [6, 6.07) is 14.3. The van der Waals surface area contributed by atoms with Crippen LogP contribution in [-0.4, -0.2) is 16.1 Å². The molecule has 0 aliphatic carbocycles. The lowest BCUT2D eigenvalue weighted by Gasteiger charge is -2.00. The molecule has 3 aromatic rings.